The number of nitrogens with one attached hydrogen (secondary N) is 2. The summed E-state index contributed by atoms with van der Waals surface area (Å²) in [5.41, 5.74) is 3.18. The van der Waals surface area contributed by atoms with Crippen LogP contribution in [-0.4, -0.2) is 18.5 Å². The Bertz CT molecular complexity index is 622. The summed E-state index contributed by atoms with van der Waals surface area (Å²) in [7, 11) is 0. The second kappa shape index (κ2) is 6.31. The Balaban J connectivity index is 1.64. The smallest absolute Gasteiger partial charge is 0.251 e. The minimum atomic E-state index is 0.0208. The average Bonchev–Trinajstić information content (AvgIpc) is 2.99. The summed E-state index contributed by atoms with van der Waals surface area (Å²) in [6, 6.07) is 10.3. The van der Waals surface area contributed by atoms with Crippen LogP contribution < -0.4 is 10.6 Å². The van der Waals surface area contributed by atoms with Gasteiger partial charge in [-0.3, -0.25) is 4.79 Å². The lowest BCUT2D eigenvalue weighted by molar-refractivity contribution is 0.0940. The van der Waals surface area contributed by atoms with Crippen molar-refractivity contribution < 1.29 is 4.79 Å². The second-order valence-corrected chi connectivity index (χ2v) is 6.59. The summed E-state index contributed by atoms with van der Waals surface area (Å²) < 4.78 is 0. The molecule has 0 bridgehead atoms. The van der Waals surface area contributed by atoms with E-state index in [2.05, 4.69) is 29.0 Å². The van der Waals surface area contributed by atoms with Gasteiger partial charge in [-0.2, -0.15) is 0 Å². The molecule has 1 atom stereocenters. The van der Waals surface area contributed by atoms with Gasteiger partial charge in [0.1, 0.15) is 0 Å². The normalized spacial score (nSPS) is 14.9. The largest absolute Gasteiger partial charge is 0.385 e. The third-order valence-corrected chi connectivity index (χ3v) is 4.67. The van der Waals surface area contributed by atoms with E-state index in [0.717, 1.165) is 31.4 Å². The molecule has 2 N–H and O–H groups in total. The molecule has 1 amide bonds. The van der Waals surface area contributed by atoms with Gasteiger partial charge in [0.15, 0.2) is 0 Å². The highest BCUT2D eigenvalue weighted by Crippen LogP contribution is 2.23. The van der Waals surface area contributed by atoms with Gasteiger partial charge in [0.2, 0.25) is 0 Å². The van der Waals surface area contributed by atoms with E-state index in [-0.39, 0.29) is 11.9 Å². The molecule has 0 fully saturated rings. The molecule has 2 aromatic rings. The van der Waals surface area contributed by atoms with Gasteiger partial charge in [0.05, 0.1) is 0 Å². The summed E-state index contributed by atoms with van der Waals surface area (Å²) in [5, 5.41) is 8.53. The van der Waals surface area contributed by atoms with Crippen LogP contribution in [0.15, 0.2) is 35.7 Å². The van der Waals surface area contributed by atoms with Crippen molar-refractivity contribution in [3.63, 3.8) is 0 Å². The Morgan fingerprint density at radius 2 is 2.33 bits per heavy atom. The molecule has 1 aromatic heterocycles. The number of benzene rings is 1. The molecular weight excluding hydrogens is 280 g/mol. The first-order chi connectivity index (χ1) is 10.2. The highest BCUT2D eigenvalue weighted by atomic mass is 32.1. The highest BCUT2D eigenvalue weighted by molar-refractivity contribution is 7.09. The minimum absolute atomic E-state index is 0.0208. The number of carbonyl (C=O) groups is 1. The third kappa shape index (κ3) is 3.45. The van der Waals surface area contributed by atoms with Crippen molar-refractivity contribution >= 4 is 22.9 Å². The quantitative estimate of drug-likeness (QED) is 0.908. The second-order valence-electron chi connectivity index (χ2n) is 5.56. The lowest BCUT2D eigenvalue weighted by Gasteiger charge is -2.19. The standard InChI is InChI=1S/C17H20N2OS/c1-12(10-15-5-3-9-21-15)19-17(20)14-6-7-16-13(11-14)4-2-8-18-16/h3,5-7,9,11-12,18H,2,4,8,10H2,1H3,(H,19,20). The molecule has 1 unspecified atom stereocenters. The minimum Gasteiger partial charge on any atom is -0.385 e. The van der Waals surface area contributed by atoms with Gasteiger partial charge >= 0.3 is 0 Å². The molecule has 2 heterocycles. The maximum absolute atomic E-state index is 12.3. The van der Waals surface area contributed by atoms with Gasteiger partial charge in [-0.15, -0.1) is 11.3 Å². The highest BCUT2D eigenvalue weighted by Gasteiger charge is 2.14. The van der Waals surface area contributed by atoms with E-state index >= 15 is 0 Å². The van der Waals surface area contributed by atoms with E-state index in [1.54, 1.807) is 11.3 Å². The molecule has 0 radical (unpaired) electrons. The van der Waals surface area contributed by atoms with Crippen LogP contribution in [0, 0.1) is 0 Å². The molecule has 3 rings (SSSR count). The van der Waals surface area contributed by atoms with Crippen molar-refractivity contribution in [2.75, 3.05) is 11.9 Å². The zero-order chi connectivity index (χ0) is 14.7. The van der Waals surface area contributed by atoms with Crippen LogP contribution in [0.5, 0.6) is 0 Å². The maximum atomic E-state index is 12.3. The number of hydrogen-bond acceptors (Lipinski definition) is 3. The van der Waals surface area contributed by atoms with Crippen molar-refractivity contribution in [2.24, 2.45) is 0 Å². The monoisotopic (exact) mass is 300 g/mol. The van der Waals surface area contributed by atoms with Gasteiger partial charge in [0, 0.05) is 35.1 Å². The van der Waals surface area contributed by atoms with E-state index in [9.17, 15) is 4.79 Å². The van der Waals surface area contributed by atoms with Gasteiger partial charge < -0.3 is 10.6 Å². The number of anilines is 1. The Labute approximate surface area is 129 Å². The number of aryl methyl sites for hydroxylation is 1. The fraction of sp³-hybridized carbons (Fsp3) is 0.353. The first kappa shape index (κ1) is 14.1. The lowest BCUT2D eigenvalue weighted by atomic mass is 10.0. The summed E-state index contributed by atoms with van der Waals surface area (Å²) in [4.78, 5) is 13.6. The number of amides is 1. The van der Waals surface area contributed by atoms with Crippen molar-refractivity contribution in [1.82, 2.24) is 5.32 Å². The van der Waals surface area contributed by atoms with Gasteiger partial charge in [0.25, 0.3) is 5.91 Å². The summed E-state index contributed by atoms with van der Waals surface area (Å²) in [5.74, 6) is 0.0208. The van der Waals surface area contributed by atoms with E-state index in [1.165, 1.54) is 16.1 Å². The molecule has 3 nitrogen and oxygen atoms in total. The Kier molecular flexibility index (Phi) is 4.25. The SMILES string of the molecule is CC(Cc1cccs1)NC(=O)c1ccc2c(c1)CCCN2. The van der Waals surface area contributed by atoms with Crippen LogP contribution in [0.3, 0.4) is 0 Å². The molecule has 4 heteroatoms. The predicted octanol–water partition coefficient (Wildman–Crippen LogP) is 3.47. The van der Waals surface area contributed by atoms with Crippen LogP contribution in [0.25, 0.3) is 0 Å². The van der Waals surface area contributed by atoms with Crippen molar-refractivity contribution in [3.8, 4) is 0 Å². The molecule has 110 valence electrons. The Morgan fingerprint density at radius 1 is 1.43 bits per heavy atom. The Morgan fingerprint density at radius 3 is 3.14 bits per heavy atom. The van der Waals surface area contributed by atoms with Crippen molar-refractivity contribution in [2.45, 2.75) is 32.2 Å². The molecular formula is C17H20N2OS. The molecule has 0 aliphatic carbocycles. The molecule has 1 aromatic carbocycles. The topological polar surface area (TPSA) is 41.1 Å². The molecule has 0 saturated carbocycles. The van der Waals surface area contributed by atoms with E-state index in [4.69, 9.17) is 0 Å². The number of rotatable bonds is 4. The van der Waals surface area contributed by atoms with Crippen LogP contribution in [0.4, 0.5) is 5.69 Å². The van der Waals surface area contributed by atoms with Crippen LogP contribution in [0.1, 0.15) is 34.1 Å². The molecule has 21 heavy (non-hydrogen) atoms. The van der Waals surface area contributed by atoms with E-state index in [1.807, 2.05) is 24.3 Å². The number of hydrogen-bond donors (Lipinski definition) is 2. The first-order valence-electron chi connectivity index (χ1n) is 7.42. The van der Waals surface area contributed by atoms with Gasteiger partial charge in [-0.1, -0.05) is 6.07 Å². The average molecular weight is 300 g/mol. The molecule has 0 saturated heterocycles. The number of carbonyl (C=O) groups excluding carboxylic acids is 1. The van der Waals surface area contributed by atoms with Crippen molar-refractivity contribution in [1.29, 1.82) is 0 Å². The van der Waals surface area contributed by atoms with Crippen LogP contribution in [-0.2, 0) is 12.8 Å². The summed E-state index contributed by atoms with van der Waals surface area (Å²) >= 11 is 1.73. The first-order valence-corrected chi connectivity index (χ1v) is 8.30. The van der Waals surface area contributed by atoms with Gasteiger partial charge in [-0.25, -0.2) is 0 Å². The van der Waals surface area contributed by atoms with Gasteiger partial charge in [-0.05, 0) is 55.0 Å². The van der Waals surface area contributed by atoms with E-state index < -0.39 is 0 Å². The number of thiophene rings is 1. The summed E-state index contributed by atoms with van der Waals surface area (Å²) in [6.07, 6.45) is 3.07. The Hall–Kier alpha value is -1.81. The number of fused-ring (bicyclic) bond motifs is 1. The third-order valence-electron chi connectivity index (χ3n) is 3.77. The van der Waals surface area contributed by atoms with Crippen molar-refractivity contribution in [3.05, 3.63) is 51.7 Å². The van der Waals surface area contributed by atoms with E-state index in [0.29, 0.717) is 0 Å². The zero-order valence-electron chi connectivity index (χ0n) is 12.2. The lowest BCUT2D eigenvalue weighted by Crippen LogP contribution is -2.34. The molecule has 1 aliphatic rings. The molecule has 1 aliphatic heterocycles. The predicted molar refractivity (Wildman–Crippen MR) is 88.2 cm³/mol. The zero-order valence-corrected chi connectivity index (χ0v) is 13.0. The van der Waals surface area contributed by atoms with Crippen LogP contribution >= 0.6 is 11.3 Å². The summed E-state index contributed by atoms with van der Waals surface area (Å²) in [6.45, 7) is 3.08. The molecule has 0 spiro atoms. The van der Waals surface area contributed by atoms with Crippen LogP contribution in [0.2, 0.25) is 0 Å². The fourth-order valence-corrected chi connectivity index (χ4v) is 3.54. The fourth-order valence-electron chi connectivity index (χ4n) is 2.70. The maximum Gasteiger partial charge on any atom is 0.251 e.